The van der Waals surface area contributed by atoms with Crippen LogP contribution in [-0.2, 0) is 0 Å². The lowest BCUT2D eigenvalue weighted by molar-refractivity contribution is 0.0382. The fraction of sp³-hybridized carbons (Fsp3) is 0.238. The molecule has 0 aliphatic carbocycles. The van der Waals surface area contributed by atoms with Crippen LogP contribution >= 0.6 is 0 Å². The van der Waals surface area contributed by atoms with Crippen molar-refractivity contribution in [3.05, 3.63) is 84.2 Å². The molecule has 1 saturated heterocycles. The van der Waals surface area contributed by atoms with Gasteiger partial charge in [0.1, 0.15) is 0 Å². The molecule has 0 saturated carbocycles. The smallest absolute Gasteiger partial charge is 0.253 e. The first-order valence-electron chi connectivity index (χ1n) is 8.85. The Kier molecular flexibility index (Phi) is 4.54. The van der Waals surface area contributed by atoms with Gasteiger partial charge in [-0.3, -0.25) is 4.79 Å². The Morgan fingerprint density at radius 1 is 1.04 bits per heavy atom. The molecule has 0 unspecified atom stereocenters. The first-order chi connectivity index (χ1) is 12.7. The second-order valence-electron chi connectivity index (χ2n) is 6.62. The van der Waals surface area contributed by atoms with E-state index in [2.05, 4.69) is 5.10 Å². The summed E-state index contributed by atoms with van der Waals surface area (Å²) >= 11 is 0. The largest absolute Gasteiger partial charge is 0.391 e. The van der Waals surface area contributed by atoms with Gasteiger partial charge in [-0.2, -0.15) is 5.10 Å². The summed E-state index contributed by atoms with van der Waals surface area (Å²) in [5, 5.41) is 14.7. The molecule has 1 aliphatic heterocycles. The van der Waals surface area contributed by atoms with Gasteiger partial charge in [0.2, 0.25) is 0 Å². The molecule has 1 fully saturated rings. The maximum atomic E-state index is 12.8. The van der Waals surface area contributed by atoms with E-state index in [1.165, 1.54) is 0 Å². The van der Waals surface area contributed by atoms with E-state index in [1.54, 1.807) is 15.8 Å². The lowest BCUT2D eigenvalue weighted by Gasteiger charge is -2.36. The third-order valence-corrected chi connectivity index (χ3v) is 4.98. The number of aromatic nitrogens is 2. The number of piperidine rings is 1. The fourth-order valence-corrected chi connectivity index (χ4v) is 3.57. The monoisotopic (exact) mass is 347 g/mol. The van der Waals surface area contributed by atoms with Crippen LogP contribution in [0.2, 0.25) is 0 Å². The average molecular weight is 347 g/mol. The molecule has 2 heterocycles. The first-order valence-corrected chi connectivity index (χ1v) is 8.85. The Labute approximate surface area is 152 Å². The molecule has 2 atom stereocenters. The van der Waals surface area contributed by atoms with E-state index in [-0.39, 0.29) is 11.8 Å². The van der Waals surface area contributed by atoms with E-state index in [9.17, 15) is 9.90 Å². The zero-order valence-corrected chi connectivity index (χ0v) is 14.4. The fourth-order valence-electron chi connectivity index (χ4n) is 3.57. The summed E-state index contributed by atoms with van der Waals surface area (Å²) in [6.07, 6.45) is 3.81. The van der Waals surface area contributed by atoms with Crippen molar-refractivity contribution in [2.24, 2.45) is 0 Å². The van der Waals surface area contributed by atoms with E-state index in [0.29, 0.717) is 18.7 Å². The van der Waals surface area contributed by atoms with Gasteiger partial charge < -0.3 is 10.0 Å². The predicted octanol–water partition coefficient (Wildman–Crippen LogP) is 2.86. The molecule has 4 rings (SSSR count). The average Bonchev–Trinajstić information content (AvgIpc) is 3.23. The molecular weight excluding hydrogens is 326 g/mol. The van der Waals surface area contributed by atoms with Crippen LogP contribution < -0.4 is 0 Å². The number of hydrogen-bond acceptors (Lipinski definition) is 3. The van der Waals surface area contributed by atoms with Crippen LogP contribution in [0, 0.1) is 0 Å². The van der Waals surface area contributed by atoms with Gasteiger partial charge in [-0.25, -0.2) is 4.68 Å². The summed E-state index contributed by atoms with van der Waals surface area (Å²) in [6, 6.07) is 19.3. The van der Waals surface area contributed by atoms with Crippen LogP contribution in [-0.4, -0.2) is 44.9 Å². The third kappa shape index (κ3) is 3.26. The number of likely N-dealkylation sites (tertiary alicyclic amines) is 1. The summed E-state index contributed by atoms with van der Waals surface area (Å²) in [5.74, 6) is 0.0463. The normalized spacial score (nSPS) is 20.1. The summed E-state index contributed by atoms with van der Waals surface area (Å²) in [4.78, 5) is 14.5. The van der Waals surface area contributed by atoms with Gasteiger partial charge >= 0.3 is 0 Å². The second-order valence-corrected chi connectivity index (χ2v) is 6.62. The molecule has 3 aromatic rings. The van der Waals surface area contributed by atoms with E-state index in [0.717, 1.165) is 17.7 Å². The van der Waals surface area contributed by atoms with Gasteiger partial charge in [0.25, 0.3) is 5.91 Å². The Hall–Kier alpha value is -2.92. The van der Waals surface area contributed by atoms with Crippen molar-refractivity contribution >= 4 is 5.91 Å². The van der Waals surface area contributed by atoms with E-state index >= 15 is 0 Å². The summed E-state index contributed by atoms with van der Waals surface area (Å²) in [7, 11) is 0. The molecule has 0 bridgehead atoms. The molecule has 0 spiro atoms. The van der Waals surface area contributed by atoms with E-state index < -0.39 is 6.10 Å². The second kappa shape index (κ2) is 7.14. The number of carbonyl (C=O) groups is 1. The molecule has 2 aromatic carbocycles. The number of β-amino-alcohol motifs (C(OH)–C–C–N with tert-alkyl or cyclic N) is 1. The molecule has 132 valence electrons. The Morgan fingerprint density at radius 2 is 1.81 bits per heavy atom. The quantitative estimate of drug-likeness (QED) is 0.793. The van der Waals surface area contributed by atoms with Crippen LogP contribution in [0.25, 0.3) is 5.69 Å². The highest BCUT2D eigenvalue weighted by Crippen LogP contribution is 2.29. The van der Waals surface area contributed by atoms with Gasteiger partial charge in [0.05, 0.1) is 11.8 Å². The molecule has 0 radical (unpaired) electrons. The van der Waals surface area contributed by atoms with Gasteiger partial charge in [-0.1, -0.05) is 30.3 Å². The van der Waals surface area contributed by atoms with Gasteiger partial charge in [0.15, 0.2) is 0 Å². The van der Waals surface area contributed by atoms with Crippen molar-refractivity contribution in [1.82, 2.24) is 14.7 Å². The zero-order valence-electron chi connectivity index (χ0n) is 14.4. The number of aliphatic hydroxyl groups is 1. The number of nitrogens with zero attached hydrogens (tertiary/aromatic N) is 3. The van der Waals surface area contributed by atoms with Gasteiger partial charge in [0, 0.05) is 37.0 Å². The number of hydrogen-bond donors (Lipinski definition) is 1. The van der Waals surface area contributed by atoms with Crippen molar-refractivity contribution in [3.63, 3.8) is 0 Å². The minimum absolute atomic E-state index is 0.0393. The topological polar surface area (TPSA) is 58.4 Å². The molecular formula is C21H21N3O2. The van der Waals surface area contributed by atoms with Crippen LogP contribution in [0.3, 0.4) is 0 Å². The Bertz CT molecular complexity index is 860. The number of aliphatic hydroxyl groups excluding tert-OH is 1. The lowest BCUT2D eigenvalue weighted by Crippen LogP contribution is -2.45. The van der Waals surface area contributed by atoms with Crippen LogP contribution in [0.5, 0.6) is 0 Å². The minimum atomic E-state index is -0.543. The molecule has 26 heavy (non-hydrogen) atoms. The number of rotatable bonds is 3. The molecule has 1 aliphatic rings. The van der Waals surface area contributed by atoms with Gasteiger partial charge in [-0.15, -0.1) is 0 Å². The number of amides is 1. The van der Waals surface area contributed by atoms with E-state index in [1.807, 2.05) is 66.9 Å². The standard InChI is InChI=1S/C21H21N3O2/c25-20-15-23(14-11-19(20)16-5-2-1-3-6-16)21(26)17-7-9-18(10-8-17)24-13-4-12-22-24/h1-10,12-13,19-20,25H,11,14-15H2/t19-,20+/m0/s1. The van der Waals surface area contributed by atoms with Gasteiger partial charge in [-0.05, 0) is 42.3 Å². The van der Waals surface area contributed by atoms with Crippen molar-refractivity contribution in [3.8, 4) is 5.69 Å². The van der Waals surface area contributed by atoms with Crippen LogP contribution in [0.1, 0.15) is 28.3 Å². The summed E-state index contributed by atoms with van der Waals surface area (Å²) in [5.41, 5.74) is 2.68. The van der Waals surface area contributed by atoms with Crippen LogP contribution in [0.15, 0.2) is 73.1 Å². The SMILES string of the molecule is O=C(c1ccc(-n2cccn2)cc1)N1CC[C@@H](c2ccccc2)[C@H](O)C1. The molecule has 1 N–H and O–H groups in total. The van der Waals surface area contributed by atoms with Crippen molar-refractivity contribution < 1.29 is 9.90 Å². The molecule has 1 amide bonds. The van der Waals surface area contributed by atoms with Crippen molar-refractivity contribution in [2.45, 2.75) is 18.4 Å². The highest BCUT2D eigenvalue weighted by Gasteiger charge is 2.31. The molecule has 1 aromatic heterocycles. The Morgan fingerprint density at radius 3 is 2.46 bits per heavy atom. The molecule has 5 nitrogen and oxygen atoms in total. The lowest BCUT2D eigenvalue weighted by atomic mass is 9.87. The first kappa shape index (κ1) is 16.5. The zero-order chi connectivity index (χ0) is 17.9. The maximum absolute atomic E-state index is 12.8. The maximum Gasteiger partial charge on any atom is 0.253 e. The minimum Gasteiger partial charge on any atom is -0.391 e. The highest BCUT2D eigenvalue weighted by molar-refractivity contribution is 5.94. The van der Waals surface area contributed by atoms with Crippen molar-refractivity contribution in [2.75, 3.05) is 13.1 Å². The highest BCUT2D eigenvalue weighted by atomic mass is 16.3. The van der Waals surface area contributed by atoms with Crippen LogP contribution in [0.4, 0.5) is 0 Å². The summed E-state index contributed by atoms with van der Waals surface area (Å²) in [6.45, 7) is 1.01. The van der Waals surface area contributed by atoms with Crippen molar-refractivity contribution in [1.29, 1.82) is 0 Å². The van der Waals surface area contributed by atoms with E-state index in [4.69, 9.17) is 0 Å². The summed E-state index contributed by atoms with van der Waals surface area (Å²) < 4.78 is 1.75. The Balaban J connectivity index is 1.44. The molecule has 5 heteroatoms. The predicted molar refractivity (Wildman–Crippen MR) is 99.3 cm³/mol. The number of benzene rings is 2. The third-order valence-electron chi connectivity index (χ3n) is 4.98. The number of carbonyl (C=O) groups excluding carboxylic acids is 1.